The first kappa shape index (κ1) is 14.6. The number of fused-ring (bicyclic) bond motifs is 1. The van der Waals surface area contributed by atoms with Crippen LogP contribution in [0.4, 0.5) is 5.69 Å². The van der Waals surface area contributed by atoms with E-state index in [1.54, 1.807) is 17.8 Å². The number of benzene rings is 1. The van der Waals surface area contributed by atoms with Crippen molar-refractivity contribution in [3.63, 3.8) is 0 Å². The molecule has 22 heavy (non-hydrogen) atoms. The number of pyridine rings is 1. The van der Waals surface area contributed by atoms with Gasteiger partial charge in [-0.2, -0.15) is 0 Å². The zero-order chi connectivity index (χ0) is 15.7. The Kier molecular flexibility index (Phi) is 3.88. The fraction of sp³-hybridized carbons (Fsp3) is 0.412. The number of rotatable bonds is 3. The number of carboxylic acids is 1. The molecule has 0 radical (unpaired) electrons. The Balaban J connectivity index is 1.76. The number of hydrogen-bond donors (Lipinski definition) is 2. The van der Waals surface area contributed by atoms with Crippen LogP contribution in [0.25, 0.3) is 10.8 Å². The van der Waals surface area contributed by atoms with E-state index in [0.717, 1.165) is 23.9 Å². The van der Waals surface area contributed by atoms with Gasteiger partial charge in [-0.3, -0.25) is 9.59 Å². The third kappa shape index (κ3) is 2.84. The third-order valence-corrected chi connectivity index (χ3v) is 4.53. The molecule has 116 valence electrons. The first-order valence-electron chi connectivity index (χ1n) is 7.63. The zero-order valence-corrected chi connectivity index (χ0v) is 12.6. The molecule has 0 bridgehead atoms. The highest BCUT2D eigenvalue weighted by Gasteiger charge is 2.25. The lowest BCUT2D eigenvalue weighted by atomic mass is 9.86. The van der Waals surface area contributed by atoms with Gasteiger partial charge in [-0.25, -0.2) is 0 Å². The highest BCUT2D eigenvalue weighted by atomic mass is 16.4. The number of anilines is 1. The molecule has 1 aromatic heterocycles. The normalized spacial score (nSPS) is 21.7. The maximum atomic E-state index is 12.2. The molecule has 2 N–H and O–H groups in total. The number of carbonyl (C=O) groups is 1. The summed E-state index contributed by atoms with van der Waals surface area (Å²) in [6.07, 6.45) is 4.89. The second-order valence-corrected chi connectivity index (χ2v) is 6.06. The molecule has 2 aromatic rings. The molecular weight excluding hydrogens is 280 g/mol. The lowest BCUT2D eigenvalue weighted by Crippen LogP contribution is -2.29. The highest BCUT2D eigenvalue weighted by Crippen LogP contribution is 2.27. The van der Waals surface area contributed by atoms with E-state index < -0.39 is 5.97 Å². The van der Waals surface area contributed by atoms with E-state index in [-0.39, 0.29) is 17.5 Å². The molecule has 1 aromatic carbocycles. The predicted molar refractivity (Wildman–Crippen MR) is 86.2 cm³/mol. The van der Waals surface area contributed by atoms with E-state index in [1.165, 1.54) is 0 Å². The van der Waals surface area contributed by atoms with Crippen molar-refractivity contribution in [3.05, 3.63) is 40.8 Å². The largest absolute Gasteiger partial charge is 0.481 e. The topological polar surface area (TPSA) is 71.3 Å². The van der Waals surface area contributed by atoms with Gasteiger partial charge in [-0.15, -0.1) is 0 Å². The maximum absolute atomic E-state index is 12.2. The van der Waals surface area contributed by atoms with E-state index in [4.69, 9.17) is 5.11 Å². The van der Waals surface area contributed by atoms with Crippen LogP contribution >= 0.6 is 0 Å². The summed E-state index contributed by atoms with van der Waals surface area (Å²) < 4.78 is 1.57. The van der Waals surface area contributed by atoms with Gasteiger partial charge in [0.05, 0.1) is 5.92 Å². The van der Waals surface area contributed by atoms with Gasteiger partial charge in [0.25, 0.3) is 5.56 Å². The van der Waals surface area contributed by atoms with Crippen molar-refractivity contribution in [2.45, 2.75) is 31.7 Å². The maximum Gasteiger partial charge on any atom is 0.306 e. The quantitative estimate of drug-likeness (QED) is 0.914. The van der Waals surface area contributed by atoms with Gasteiger partial charge in [0.1, 0.15) is 0 Å². The van der Waals surface area contributed by atoms with Crippen LogP contribution in [-0.2, 0) is 11.8 Å². The average Bonchev–Trinajstić information content (AvgIpc) is 2.52. The number of aryl methyl sites for hydroxylation is 1. The molecule has 0 spiro atoms. The highest BCUT2D eigenvalue weighted by molar-refractivity contribution is 5.84. The van der Waals surface area contributed by atoms with Crippen LogP contribution in [0, 0.1) is 5.92 Å². The second kappa shape index (κ2) is 5.83. The standard InChI is InChI=1S/C17H20N2O3/c1-19-9-8-11-2-7-14(10-15(11)16(19)20)18-13-5-3-12(4-6-13)17(21)22/h2,7-10,12-13,18H,3-6H2,1H3,(H,21,22). The minimum Gasteiger partial charge on any atom is -0.481 e. The minimum absolute atomic E-state index is 0.00395. The van der Waals surface area contributed by atoms with Crippen molar-refractivity contribution in [2.24, 2.45) is 13.0 Å². The van der Waals surface area contributed by atoms with Crippen molar-refractivity contribution >= 4 is 22.4 Å². The van der Waals surface area contributed by atoms with Gasteiger partial charge in [0, 0.05) is 30.4 Å². The summed E-state index contributed by atoms with van der Waals surface area (Å²) in [6, 6.07) is 8.02. The van der Waals surface area contributed by atoms with Gasteiger partial charge in [-0.05, 0) is 49.3 Å². The second-order valence-electron chi connectivity index (χ2n) is 6.06. The summed E-state index contributed by atoms with van der Waals surface area (Å²) in [5.74, 6) is -0.894. The third-order valence-electron chi connectivity index (χ3n) is 4.53. The van der Waals surface area contributed by atoms with Crippen molar-refractivity contribution < 1.29 is 9.90 Å². The first-order chi connectivity index (χ1) is 10.5. The smallest absolute Gasteiger partial charge is 0.306 e. The summed E-state index contributed by atoms with van der Waals surface area (Å²) in [5.41, 5.74) is 0.922. The molecule has 1 aliphatic rings. The molecule has 3 rings (SSSR count). The molecule has 0 atom stereocenters. The van der Waals surface area contributed by atoms with Crippen LogP contribution in [0.3, 0.4) is 0 Å². The molecule has 5 nitrogen and oxygen atoms in total. The van der Waals surface area contributed by atoms with Crippen LogP contribution in [0.5, 0.6) is 0 Å². The van der Waals surface area contributed by atoms with E-state index in [1.807, 2.05) is 24.3 Å². The van der Waals surface area contributed by atoms with Crippen LogP contribution in [0.1, 0.15) is 25.7 Å². The van der Waals surface area contributed by atoms with Crippen LogP contribution in [-0.4, -0.2) is 21.7 Å². The minimum atomic E-state index is -0.687. The fourth-order valence-electron chi connectivity index (χ4n) is 3.15. The lowest BCUT2D eigenvalue weighted by molar-refractivity contribution is -0.142. The van der Waals surface area contributed by atoms with Gasteiger partial charge >= 0.3 is 5.97 Å². The Morgan fingerprint density at radius 3 is 2.64 bits per heavy atom. The van der Waals surface area contributed by atoms with Crippen molar-refractivity contribution in [1.82, 2.24) is 4.57 Å². The van der Waals surface area contributed by atoms with Crippen molar-refractivity contribution in [1.29, 1.82) is 0 Å². The lowest BCUT2D eigenvalue weighted by Gasteiger charge is -2.27. The molecule has 0 saturated heterocycles. The Labute approximate surface area is 128 Å². The number of aromatic nitrogens is 1. The Morgan fingerprint density at radius 2 is 1.95 bits per heavy atom. The monoisotopic (exact) mass is 300 g/mol. The Bertz CT molecular complexity index is 758. The molecular formula is C17H20N2O3. The van der Waals surface area contributed by atoms with E-state index >= 15 is 0 Å². The van der Waals surface area contributed by atoms with Crippen LogP contribution in [0.15, 0.2) is 35.3 Å². The molecule has 0 amide bonds. The molecule has 1 heterocycles. The Hall–Kier alpha value is -2.30. The molecule has 5 heteroatoms. The number of aliphatic carboxylic acids is 1. The summed E-state index contributed by atoms with van der Waals surface area (Å²) in [7, 11) is 1.75. The van der Waals surface area contributed by atoms with Crippen LogP contribution < -0.4 is 10.9 Å². The first-order valence-corrected chi connectivity index (χ1v) is 7.63. The van der Waals surface area contributed by atoms with Gasteiger partial charge in [0.15, 0.2) is 0 Å². The number of nitrogens with zero attached hydrogens (tertiary/aromatic N) is 1. The molecule has 0 aliphatic heterocycles. The van der Waals surface area contributed by atoms with Crippen molar-refractivity contribution in [3.8, 4) is 0 Å². The number of carboxylic acid groups (broad SMARTS) is 1. The van der Waals surface area contributed by atoms with Crippen molar-refractivity contribution in [2.75, 3.05) is 5.32 Å². The SMILES string of the molecule is Cn1ccc2ccc(NC3CCC(C(=O)O)CC3)cc2c1=O. The van der Waals surface area contributed by atoms with E-state index in [0.29, 0.717) is 18.2 Å². The zero-order valence-electron chi connectivity index (χ0n) is 12.6. The van der Waals surface area contributed by atoms with Gasteiger partial charge in [-0.1, -0.05) is 6.07 Å². The number of nitrogens with one attached hydrogen (secondary N) is 1. The molecule has 1 fully saturated rings. The summed E-state index contributed by atoms with van der Waals surface area (Å²) >= 11 is 0. The fourth-order valence-corrected chi connectivity index (χ4v) is 3.15. The number of hydrogen-bond acceptors (Lipinski definition) is 3. The van der Waals surface area contributed by atoms with E-state index in [9.17, 15) is 9.59 Å². The molecule has 0 unspecified atom stereocenters. The predicted octanol–water partition coefficient (Wildman–Crippen LogP) is 2.59. The average molecular weight is 300 g/mol. The van der Waals surface area contributed by atoms with Gasteiger partial charge < -0.3 is 15.0 Å². The molecule has 1 aliphatic carbocycles. The molecule has 1 saturated carbocycles. The summed E-state index contributed by atoms with van der Waals surface area (Å²) in [5, 5.41) is 14.1. The Morgan fingerprint density at radius 1 is 1.23 bits per heavy atom. The van der Waals surface area contributed by atoms with E-state index in [2.05, 4.69) is 5.32 Å². The van der Waals surface area contributed by atoms with Gasteiger partial charge in [0.2, 0.25) is 0 Å². The van der Waals surface area contributed by atoms with Crippen LogP contribution in [0.2, 0.25) is 0 Å². The summed E-state index contributed by atoms with van der Waals surface area (Å²) in [4.78, 5) is 23.1. The summed E-state index contributed by atoms with van der Waals surface area (Å²) in [6.45, 7) is 0.